The third-order valence-electron chi connectivity index (χ3n) is 5.95. The number of rotatable bonds is 4. The maximum Gasteiger partial charge on any atom is 0.291 e. The maximum absolute atomic E-state index is 11.9. The molecule has 1 aliphatic rings. The summed E-state index contributed by atoms with van der Waals surface area (Å²) in [4.78, 5) is 35.5. The Kier molecular flexibility index (Phi) is 4.80. The number of piperidine rings is 1. The van der Waals surface area contributed by atoms with Gasteiger partial charge >= 0.3 is 0 Å². The number of benzene rings is 1. The number of hydrogen-bond donors (Lipinski definition) is 2. The van der Waals surface area contributed by atoms with Crippen LogP contribution in [-0.2, 0) is 6.54 Å². The molecule has 4 heterocycles. The predicted molar refractivity (Wildman–Crippen MR) is 116 cm³/mol. The summed E-state index contributed by atoms with van der Waals surface area (Å²) in [7, 11) is 0. The molecule has 1 aliphatic heterocycles. The van der Waals surface area contributed by atoms with Crippen LogP contribution in [0.4, 0.5) is 0 Å². The Hall–Kier alpha value is -3.45. The van der Waals surface area contributed by atoms with Crippen LogP contribution in [-0.4, -0.2) is 37.3 Å². The lowest BCUT2D eigenvalue weighted by molar-refractivity contribution is 0.204. The van der Waals surface area contributed by atoms with E-state index >= 15 is 0 Å². The zero-order valence-corrected chi connectivity index (χ0v) is 16.5. The number of nitrogens with one attached hydrogen (secondary N) is 2. The van der Waals surface area contributed by atoms with Crippen molar-refractivity contribution >= 4 is 5.65 Å². The van der Waals surface area contributed by atoms with Crippen molar-refractivity contribution in [3.8, 4) is 11.3 Å². The Balaban J connectivity index is 1.25. The normalized spacial score (nSPS) is 15.6. The molecule has 152 valence electrons. The van der Waals surface area contributed by atoms with Crippen LogP contribution in [0.5, 0.6) is 0 Å². The van der Waals surface area contributed by atoms with E-state index in [1.54, 1.807) is 24.7 Å². The second-order valence-corrected chi connectivity index (χ2v) is 7.86. The topological polar surface area (TPSA) is 86.3 Å². The lowest BCUT2D eigenvalue weighted by Crippen LogP contribution is -2.32. The number of imidazole rings is 1. The second-order valence-electron chi connectivity index (χ2n) is 7.86. The van der Waals surface area contributed by atoms with Crippen LogP contribution in [0.2, 0.25) is 0 Å². The quantitative estimate of drug-likeness (QED) is 0.551. The third-order valence-corrected chi connectivity index (χ3v) is 5.95. The molecule has 1 fully saturated rings. The number of fused-ring (bicyclic) bond motifs is 1. The van der Waals surface area contributed by atoms with Crippen LogP contribution in [0.1, 0.15) is 29.9 Å². The largest absolute Gasteiger partial charge is 0.329 e. The fourth-order valence-corrected chi connectivity index (χ4v) is 4.32. The number of H-pyrrole nitrogens is 2. The molecule has 0 radical (unpaired) electrons. The van der Waals surface area contributed by atoms with Gasteiger partial charge in [-0.05, 0) is 49.0 Å². The Morgan fingerprint density at radius 1 is 1.00 bits per heavy atom. The summed E-state index contributed by atoms with van der Waals surface area (Å²) >= 11 is 0. The van der Waals surface area contributed by atoms with Crippen molar-refractivity contribution < 1.29 is 0 Å². The van der Waals surface area contributed by atoms with Crippen molar-refractivity contribution in [2.24, 2.45) is 0 Å². The molecule has 7 heteroatoms. The minimum Gasteiger partial charge on any atom is -0.329 e. The molecule has 1 aromatic carbocycles. The highest BCUT2D eigenvalue weighted by Gasteiger charge is 2.21. The fraction of sp³-hybridized carbons (Fsp3) is 0.261. The van der Waals surface area contributed by atoms with Crippen molar-refractivity contribution in [1.29, 1.82) is 0 Å². The van der Waals surface area contributed by atoms with Gasteiger partial charge in [-0.1, -0.05) is 24.3 Å². The molecule has 4 aromatic rings. The Morgan fingerprint density at radius 3 is 2.57 bits per heavy atom. The third kappa shape index (κ3) is 3.59. The lowest BCUT2D eigenvalue weighted by Gasteiger charge is -2.32. The molecule has 0 unspecified atom stereocenters. The molecule has 3 aromatic heterocycles. The average Bonchev–Trinajstić information content (AvgIpc) is 3.20. The van der Waals surface area contributed by atoms with Gasteiger partial charge in [0.05, 0.1) is 11.9 Å². The molecule has 0 amide bonds. The molecule has 1 saturated heterocycles. The van der Waals surface area contributed by atoms with Crippen LogP contribution in [0, 0.1) is 0 Å². The van der Waals surface area contributed by atoms with Gasteiger partial charge in [0.2, 0.25) is 11.2 Å². The minimum absolute atomic E-state index is 0.0226. The lowest BCUT2D eigenvalue weighted by atomic mass is 9.90. The number of pyridine rings is 1. The van der Waals surface area contributed by atoms with Crippen molar-refractivity contribution in [1.82, 2.24) is 24.3 Å². The Morgan fingerprint density at radius 2 is 1.80 bits per heavy atom. The average molecular weight is 401 g/mol. The van der Waals surface area contributed by atoms with E-state index in [2.05, 4.69) is 44.1 Å². The highest BCUT2D eigenvalue weighted by molar-refractivity contribution is 5.63. The Labute approximate surface area is 173 Å². The number of aromatic amines is 2. The Bertz CT molecular complexity index is 1280. The molecule has 0 atom stereocenters. The van der Waals surface area contributed by atoms with Crippen LogP contribution in [0.15, 0.2) is 70.8 Å². The first-order valence-corrected chi connectivity index (χ1v) is 10.2. The van der Waals surface area contributed by atoms with Crippen molar-refractivity contribution in [3.63, 3.8) is 0 Å². The van der Waals surface area contributed by atoms with Crippen molar-refractivity contribution in [2.75, 3.05) is 13.1 Å². The van der Waals surface area contributed by atoms with Gasteiger partial charge in [0.25, 0.3) is 5.56 Å². The first-order chi connectivity index (χ1) is 14.7. The van der Waals surface area contributed by atoms with E-state index in [1.807, 2.05) is 16.7 Å². The van der Waals surface area contributed by atoms with Crippen LogP contribution in [0.25, 0.3) is 16.9 Å². The molecule has 0 bridgehead atoms. The second kappa shape index (κ2) is 7.76. The van der Waals surface area contributed by atoms with Gasteiger partial charge in [-0.3, -0.25) is 18.9 Å². The molecule has 0 spiro atoms. The van der Waals surface area contributed by atoms with Gasteiger partial charge < -0.3 is 9.97 Å². The summed E-state index contributed by atoms with van der Waals surface area (Å²) in [5.41, 5.74) is 4.54. The van der Waals surface area contributed by atoms with Crippen LogP contribution >= 0.6 is 0 Å². The summed E-state index contributed by atoms with van der Waals surface area (Å²) in [6.07, 6.45) is 9.06. The number of likely N-dealkylation sites (tertiary alicyclic amines) is 1. The molecule has 30 heavy (non-hydrogen) atoms. The molecular formula is C23H23N5O2. The monoisotopic (exact) mass is 401 g/mol. The molecule has 5 rings (SSSR count). The van der Waals surface area contributed by atoms with Gasteiger partial charge in [-0.15, -0.1) is 0 Å². The number of aromatic nitrogens is 4. The number of hydrogen-bond acceptors (Lipinski definition) is 4. The molecule has 0 saturated carbocycles. The SMILES string of the molecule is O=c1cc(C2CCN(Cc3ccc(-c4cnc5c(=O)[nH]ccn45)cc3)CC2)cc[nH]1. The minimum atomic E-state index is -0.191. The summed E-state index contributed by atoms with van der Waals surface area (Å²) in [6.45, 7) is 2.96. The maximum atomic E-state index is 11.9. The van der Waals surface area contributed by atoms with Gasteiger partial charge in [0.15, 0.2) is 0 Å². The molecule has 7 nitrogen and oxygen atoms in total. The summed E-state index contributed by atoms with van der Waals surface area (Å²) < 4.78 is 1.81. The van der Waals surface area contributed by atoms with Gasteiger partial charge in [0, 0.05) is 36.8 Å². The van der Waals surface area contributed by atoms with E-state index in [0.29, 0.717) is 11.6 Å². The summed E-state index contributed by atoms with van der Waals surface area (Å²) in [5.74, 6) is 0.462. The van der Waals surface area contributed by atoms with E-state index in [4.69, 9.17) is 0 Å². The number of nitrogens with zero attached hydrogens (tertiary/aromatic N) is 3. The first kappa shape index (κ1) is 18.6. The first-order valence-electron chi connectivity index (χ1n) is 10.2. The van der Waals surface area contributed by atoms with Crippen LogP contribution in [0.3, 0.4) is 0 Å². The van der Waals surface area contributed by atoms with Crippen molar-refractivity contribution in [3.05, 3.63) is 93.0 Å². The molecule has 0 aliphatic carbocycles. The zero-order valence-electron chi connectivity index (χ0n) is 16.5. The fourth-order valence-electron chi connectivity index (χ4n) is 4.32. The van der Waals surface area contributed by atoms with E-state index in [-0.39, 0.29) is 11.1 Å². The van der Waals surface area contributed by atoms with E-state index in [0.717, 1.165) is 49.3 Å². The van der Waals surface area contributed by atoms with Gasteiger partial charge in [-0.2, -0.15) is 0 Å². The predicted octanol–water partition coefficient (Wildman–Crippen LogP) is 2.76. The van der Waals surface area contributed by atoms with E-state index in [1.165, 1.54) is 5.56 Å². The summed E-state index contributed by atoms with van der Waals surface area (Å²) in [6, 6.07) is 12.2. The highest BCUT2D eigenvalue weighted by Crippen LogP contribution is 2.28. The highest BCUT2D eigenvalue weighted by atomic mass is 16.1. The van der Waals surface area contributed by atoms with E-state index < -0.39 is 0 Å². The molecule has 2 N–H and O–H groups in total. The summed E-state index contributed by atoms with van der Waals surface area (Å²) in [5, 5.41) is 0. The standard InChI is InChI=1S/C23H23N5O2/c29-21-13-19(5-8-24-21)17-6-10-27(11-7-17)15-16-1-3-18(4-2-16)20-14-26-22-23(30)25-9-12-28(20)22/h1-5,8-9,12-14,17H,6-7,10-11,15H2,(H,24,29)(H,25,30). The molecular weight excluding hydrogens is 378 g/mol. The van der Waals surface area contributed by atoms with Gasteiger partial charge in [-0.25, -0.2) is 4.98 Å². The zero-order chi connectivity index (χ0) is 20.5. The van der Waals surface area contributed by atoms with E-state index in [9.17, 15) is 9.59 Å². The van der Waals surface area contributed by atoms with Gasteiger partial charge in [0.1, 0.15) is 0 Å². The van der Waals surface area contributed by atoms with Crippen LogP contribution < -0.4 is 11.1 Å². The van der Waals surface area contributed by atoms with Crippen molar-refractivity contribution in [2.45, 2.75) is 25.3 Å². The smallest absolute Gasteiger partial charge is 0.291 e.